The van der Waals surface area contributed by atoms with Gasteiger partial charge in [-0.3, -0.25) is 9.48 Å². The minimum absolute atomic E-state index is 0.0392. The summed E-state index contributed by atoms with van der Waals surface area (Å²) in [7, 11) is 0. The van der Waals surface area contributed by atoms with Crippen molar-refractivity contribution in [2.24, 2.45) is 5.92 Å². The van der Waals surface area contributed by atoms with Crippen LogP contribution in [0.25, 0.3) is 0 Å². The third kappa shape index (κ3) is 4.72. The highest BCUT2D eigenvalue weighted by atomic mass is 79.9. The second kappa shape index (κ2) is 8.33. The molecule has 1 saturated heterocycles. The Kier molecular flexibility index (Phi) is 6.11. The molecule has 2 aromatic rings. The number of hydrazine groups is 1. The number of amides is 1. The van der Waals surface area contributed by atoms with Crippen LogP contribution in [0.2, 0.25) is 0 Å². The van der Waals surface area contributed by atoms with Crippen molar-refractivity contribution in [3.8, 4) is 0 Å². The Morgan fingerprint density at radius 2 is 2.08 bits per heavy atom. The third-order valence-corrected chi connectivity index (χ3v) is 5.23. The minimum atomic E-state index is -0.218. The fourth-order valence-corrected chi connectivity index (χ4v) is 3.52. The van der Waals surface area contributed by atoms with E-state index in [4.69, 9.17) is 0 Å². The summed E-state index contributed by atoms with van der Waals surface area (Å²) in [5.74, 6) is 0.353. The van der Waals surface area contributed by atoms with E-state index in [1.54, 1.807) is 0 Å². The SMILES string of the molecule is Cc1cc(C)n(CC(C)CNC(=O)C2CC(c3ccc(Br)cc3)NN2)n1. The van der Waals surface area contributed by atoms with Gasteiger partial charge in [-0.25, -0.2) is 10.9 Å². The van der Waals surface area contributed by atoms with Gasteiger partial charge in [-0.05, 0) is 49.9 Å². The topological polar surface area (TPSA) is 71.0 Å². The lowest BCUT2D eigenvalue weighted by Gasteiger charge is -2.16. The van der Waals surface area contributed by atoms with Gasteiger partial charge in [0.15, 0.2) is 0 Å². The van der Waals surface area contributed by atoms with E-state index in [0.717, 1.165) is 28.8 Å². The smallest absolute Gasteiger partial charge is 0.238 e. The molecule has 0 spiro atoms. The molecule has 3 N–H and O–H groups in total. The van der Waals surface area contributed by atoms with Crippen LogP contribution >= 0.6 is 15.9 Å². The molecule has 0 aliphatic carbocycles. The number of hydrogen-bond donors (Lipinski definition) is 3. The maximum atomic E-state index is 12.5. The molecule has 140 valence electrons. The number of halogens is 1. The standard InChI is InChI=1S/C19H26BrN5O/c1-12(11-25-14(3)8-13(2)24-25)10-21-19(26)18-9-17(22-23-18)15-4-6-16(20)7-5-15/h4-8,12,17-18,22-23H,9-11H2,1-3H3,(H,21,26). The van der Waals surface area contributed by atoms with Crippen LogP contribution in [0.3, 0.4) is 0 Å². The van der Waals surface area contributed by atoms with Gasteiger partial charge in [-0.1, -0.05) is 35.0 Å². The number of aromatic nitrogens is 2. The predicted molar refractivity (Wildman–Crippen MR) is 105 cm³/mol. The molecule has 1 aromatic heterocycles. The molecule has 26 heavy (non-hydrogen) atoms. The molecule has 1 aliphatic heterocycles. The number of carbonyl (C=O) groups excluding carboxylic acids is 1. The van der Waals surface area contributed by atoms with Crippen LogP contribution in [0, 0.1) is 19.8 Å². The molecule has 0 radical (unpaired) electrons. The Labute approximate surface area is 162 Å². The molecule has 3 unspecified atom stereocenters. The van der Waals surface area contributed by atoms with Gasteiger partial charge in [0.2, 0.25) is 5.91 Å². The summed E-state index contributed by atoms with van der Waals surface area (Å²) < 4.78 is 3.06. The molecular weight excluding hydrogens is 394 g/mol. The zero-order valence-electron chi connectivity index (χ0n) is 15.4. The van der Waals surface area contributed by atoms with Crippen molar-refractivity contribution >= 4 is 21.8 Å². The average molecular weight is 420 g/mol. The van der Waals surface area contributed by atoms with Crippen molar-refractivity contribution in [3.63, 3.8) is 0 Å². The number of hydrogen-bond acceptors (Lipinski definition) is 4. The van der Waals surface area contributed by atoms with E-state index in [0.29, 0.717) is 12.5 Å². The number of carbonyl (C=O) groups is 1. The molecule has 1 aromatic carbocycles. The van der Waals surface area contributed by atoms with Crippen LogP contribution in [0.15, 0.2) is 34.8 Å². The highest BCUT2D eigenvalue weighted by Crippen LogP contribution is 2.23. The van der Waals surface area contributed by atoms with E-state index in [1.807, 2.05) is 23.7 Å². The zero-order valence-corrected chi connectivity index (χ0v) is 17.0. The molecule has 6 nitrogen and oxygen atoms in total. The maximum absolute atomic E-state index is 12.5. The highest BCUT2D eigenvalue weighted by molar-refractivity contribution is 9.10. The van der Waals surface area contributed by atoms with Crippen molar-refractivity contribution in [1.82, 2.24) is 25.9 Å². The summed E-state index contributed by atoms with van der Waals surface area (Å²) in [4.78, 5) is 12.5. The maximum Gasteiger partial charge on any atom is 0.238 e. The highest BCUT2D eigenvalue weighted by Gasteiger charge is 2.30. The van der Waals surface area contributed by atoms with Crippen LogP contribution in [0.5, 0.6) is 0 Å². The van der Waals surface area contributed by atoms with Crippen molar-refractivity contribution in [1.29, 1.82) is 0 Å². The first-order valence-electron chi connectivity index (χ1n) is 8.97. The molecule has 1 aliphatic rings. The Bertz CT molecular complexity index is 758. The average Bonchev–Trinajstić information content (AvgIpc) is 3.20. The van der Waals surface area contributed by atoms with Crippen molar-refractivity contribution in [2.45, 2.75) is 45.8 Å². The number of nitrogens with zero attached hydrogens (tertiary/aromatic N) is 2. The van der Waals surface area contributed by atoms with E-state index in [2.05, 4.69) is 69.2 Å². The van der Waals surface area contributed by atoms with E-state index >= 15 is 0 Å². The Balaban J connectivity index is 1.46. The lowest BCUT2D eigenvalue weighted by atomic mass is 10.0. The summed E-state index contributed by atoms with van der Waals surface area (Å²) in [5.41, 5.74) is 9.69. The summed E-state index contributed by atoms with van der Waals surface area (Å²) in [6.07, 6.45) is 0.735. The lowest BCUT2D eigenvalue weighted by molar-refractivity contribution is -0.123. The van der Waals surface area contributed by atoms with Gasteiger partial charge in [0, 0.05) is 29.3 Å². The van der Waals surface area contributed by atoms with Gasteiger partial charge in [-0.15, -0.1) is 0 Å². The normalized spacial score (nSPS) is 20.9. The Hall–Kier alpha value is -1.70. The van der Waals surface area contributed by atoms with Crippen molar-refractivity contribution < 1.29 is 4.79 Å². The number of rotatable bonds is 6. The van der Waals surface area contributed by atoms with E-state index in [-0.39, 0.29) is 18.0 Å². The predicted octanol–water partition coefficient (Wildman–Crippen LogP) is 2.62. The molecule has 1 fully saturated rings. The first-order chi connectivity index (χ1) is 12.4. The Morgan fingerprint density at radius 3 is 2.73 bits per heavy atom. The number of benzene rings is 1. The molecule has 2 heterocycles. The van der Waals surface area contributed by atoms with Crippen molar-refractivity contribution in [3.05, 3.63) is 51.8 Å². The third-order valence-electron chi connectivity index (χ3n) is 4.70. The van der Waals surface area contributed by atoms with Crippen LogP contribution in [0.1, 0.15) is 36.3 Å². The van der Waals surface area contributed by atoms with Crippen LogP contribution < -0.4 is 16.2 Å². The largest absolute Gasteiger partial charge is 0.354 e. The molecule has 0 saturated carbocycles. The van der Waals surface area contributed by atoms with Gasteiger partial charge in [0.25, 0.3) is 0 Å². The first kappa shape index (κ1) is 19.1. The summed E-state index contributed by atoms with van der Waals surface area (Å²) in [6.45, 7) is 7.62. The van der Waals surface area contributed by atoms with Gasteiger partial charge < -0.3 is 5.32 Å². The lowest BCUT2D eigenvalue weighted by Crippen LogP contribution is -2.44. The van der Waals surface area contributed by atoms with E-state index in [9.17, 15) is 4.79 Å². The van der Waals surface area contributed by atoms with Crippen LogP contribution in [0.4, 0.5) is 0 Å². The first-order valence-corrected chi connectivity index (χ1v) is 9.77. The monoisotopic (exact) mass is 419 g/mol. The van der Waals surface area contributed by atoms with Gasteiger partial charge >= 0.3 is 0 Å². The van der Waals surface area contributed by atoms with Crippen LogP contribution in [-0.2, 0) is 11.3 Å². The minimum Gasteiger partial charge on any atom is -0.354 e. The Morgan fingerprint density at radius 1 is 1.35 bits per heavy atom. The zero-order chi connectivity index (χ0) is 18.7. The molecule has 1 amide bonds. The number of aryl methyl sites for hydroxylation is 2. The van der Waals surface area contributed by atoms with Crippen molar-refractivity contribution in [2.75, 3.05) is 6.54 Å². The van der Waals surface area contributed by atoms with Gasteiger partial charge in [0.05, 0.1) is 5.69 Å². The fourth-order valence-electron chi connectivity index (χ4n) is 3.26. The molecule has 7 heteroatoms. The van der Waals surface area contributed by atoms with E-state index < -0.39 is 0 Å². The fraction of sp³-hybridized carbons (Fsp3) is 0.474. The number of nitrogens with one attached hydrogen (secondary N) is 3. The summed E-state index contributed by atoms with van der Waals surface area (Å²) in [5, 5.41) is 7.54. The summed E-state index contributed by atoms with van der Waals surface area (Å²) in [6, 6.07) is 10.2. The quantitative estimate of drug-likeness (QED) is 0.672. The second-order valence-electron chi connectivity index (χ2n) is 7.14. The molecule has 3 atom stereocenters. The molecule has 0 bridgehead atoms. The van der Waals surface area contributed by atoms with Gasteiger partial charge in [0.1, 0.15) is 6.04 Å². The van der Waals surface area contributed by atoms with Crippen LogP contribution in [-0.4, -0.2) is 28.3 Å². The van der Waals surface area contributed by atoms with Gasteiger partial charge in [-0.2, -0.15) is 5.10 Å². The molecule has 3 rings (SSSR count). The summed E-state index contributed by atoms with van der Waals surface area (Å²) >= 11 is 3.45. The van der Waals surface area contributed by atoms with E-state index in [1.165, 1.54) is 5.56 Å². The second-order valence-corrected chi connectivity index (χ2v) is 8.06. The molecular formula is C19H26BrN5O.